The SMILES string of the molecule is COc1cc(C(=O)OC2CC(C)(O)C3C(OC4OC(CO)C(O)C(O)C4O)OC=CC23)ccc1O. The van der Waals surface area contributed by atoms with Crippen molar-refractivity contribution in [1.82, 2.24) is 0 Å². The minimum absolute atomic E-state index is 0.0472. The second-order valence-corrected chi connectivity index (χ2v) is 9.16. The molecule has 2 heterocycles. The van der Waals surface area contributed by atoms with Gasteiger partial charge in [0.25, 0.3) is 0 Å². The molecule has 0 radical (unpaired) electrons. The van der Waals surface area contributed by atoms with Crippen molar-refractivity contribution in [1.29, 1.82) is 0 Å². The maximum Gasteiger partial charge on any atom is 0.338 e. The summed E-state index contributed by atoms with van der Waals surface area (Å²) in [5.41, 5.74) is -1.28. The van der Waals surface area contributed by atoms with Crippen molar-refractivity contribution in [2.75, 3.05) is 13.7 Å². The summed E-state index contributed by atoms with van der Waals surface area (Å²) in [7, 11) is 1.35. The number of aliphatic hydroxyl groups is 5. The molecule has 1 aromatic carbocycles. The molecule has 0 aromatic heterocycles. The Kier molecular flexibility index (Phi) is 7.25. The number of phenols is 1. The van der Waals surface area contributed by atoms with Gasteiger partial charge >= 0.3 is 5.97 Å². The highest BCUT2D eigenvalue weighted by Gasteiger charge is 2.58. The number of benzene rings is 1. The maximum absolute atomic E-state index is 12.8. The van der Waals surface area contributed by atoms with Gasteiger partial charge in [-0.15, -0.1) is 0 Å². The molecule has 194 valence electrons. The lowest BCUT2D eigenvalue weighted by Crippen LogP contribution is -2.60. The fourth-order valence-electron chi connectivity index (χ4n) is 4.90. The normalized spacial score (nSPS) is 40.6. The topological polar surface area (TPSA) is 185 Å². The minimum atomic E-state index is -1.65. The molecule has 6 N–H and O–H groups in total. The molecule has 10 atom stereocenters. The van der Waals surface area contributed by atoms with Crippen molar-refractivity contribution in [2.24, 2.45) is 11.8 Å². The van der Waals surface area contributed by atoms with Crippen molar-refractivity contribution in [2.45, 2.75) is 62.0 Å². The largest absolute Gasteiger partial charge is 0.504 e. The van der Waals surface area contributed by atoms with Gasteiger partial charge in [-0.1, -0.05) is 0 Å². The molecule has 0 bridgehead atoms. The number of esters is 1. The fourth-order valence-corrected chi connectivity index (χ4v) is 4.90. The zero-order chi connectivity index (χ0) is 25.5. The number of fused-ring (bicyclic) bond motifs is 1. The van der Waals surface area contributed by atoms with Crippen LogP contribution in [0.15, 0.2) is 30.5 Å². The third kappa shape index (κ3) is 4.83. The average molecular weight is 498 g/mol. The van der Waals surface area contributed by atoms with Crippen LogP contribution < -0.4 is 4.74 Å². The van der Waals surface area contributed by atoms with Gasteiger partial charge in [0.1, 0.15) is 30.5 Å². The molecule has 1 aliphatic carbocycles. The van der Waals surface area contributed by atoms with Crippen LogP contribution in [0.3, 0.4) is 0 Å². The number of methoxy groups -OCH3 is 1. The number of hydrogen-bond acceptors (Lipinski definition) is 12. The van der Waals surface area contributed by atoms with Crippen molar-refractivity contribution in [3.8, 4) is 11.5 Å². The first-order valence-electron chi connectivity index (χ1n) is 11.2. The van der Waals surface area contributed by atoms with E-state index < -0.39 is 73.1 Å². The van der Waals surface area contributed by atoms with Gasteiger partial charge in [0.05, 0.1) is 37.1 Å². The molecule has 0 spiro atoms. The van der Waals surface area contributed by atoms with Gasteiger partial charge < -0.3 is 54.3 Å². The van der Waals surface area contributed by atoms with Crippen molar-refractivity contribution < 1.29 is 59.1 Å². The Morgan fingerprint density at radius 2 is 1.91 bits per heavy atom. The molecule has 4 rings (SSSR count). The third-order valence-electron chi connectivity index (χ3n) is 6.77. The van der Waals surface area contributed by atoms with Crippen molar-refractivity contribution >= 4 is 5.97 Å². The highest BCUT2D eigenvalue weighted by atomic mass is 16.8. The molecule has 1 aromatic rings. The predicted octanol–water partition coefficient (Wildman–Crippen LogP) is -1.00. The maximum atomic E-state index is 12.8. The van der Waals surface area contributed by atoms with Gasteiger partial charge in [-0.25, -0.2) is 4.79 Å². The summed E-state index contributed by atoms with van der Waals surface area (Å²) in [6.07, 6.45) is -6.40. The van der Waals surface area contributed by atoms with Crippen LogP contribution in [0.5, 0.6) is 11.5 Å². The zero-order valence-electron chi connectivity index (χ0n) is 19.1. The Morgan fingerprint density at radius 3 is 2.60 bits per heavy atom. The number of phenolic OH excluding ortho intramolecular Hbond substituents is 1. The van der Waals surface area contributed by atoms with Gasteiger partial charge in [-0.3, -0.25) is 0 Å². The van der Waals surface area contributed by atoms with Gasteiger partial charge in [-0.2, -0.15) is 0 Å². The molecule has 1 saturated heterocycles. The Labute approximate surface area is 200 Å². The monoisotopic (exact) mass is 498 g/mol. The van der Waals surface area contributed by atoms with Crippen molar-refractivity contribution in [3.63, 3.8) is 0 Å². The second-order valence-electron chi connectivity index (χ2n) is 9.16. The molecule has 0 amide bonds. The van der Waals surface area contributed by atoms with Crippen LogP contribution in [0, 0.1) is 11.8 Å². The first-order chi connectivity index (χ1) is 16.6. The van der Waals surface area contributed by atoms with E-state index in [-0.39, 0.29) is 23.5 Å². The summed E-state index contributed by atoms with van der Waals surface area (Å²) in [6.45, 7) is 0.911. The molecule has 2 aliphatic heterocycles. The van der Waals surface area contributed by atoms with E-state index in [2.05, 4.69) is 0 Å². The molecule has 12 heteroatoms. The van der Waals surface area contributed by atoms with E-state index in [4.69, 9.17) is 23.7 Å². The summed E-state index contributed by atoms with van der Waals surface area (Å²) in [5, 5.41) is 60.6. The Balaban J connectivity index is 1.50. The van der Waals surface area contributed by atoms with E-state index in [1.165, 1.54) is 38.5 Å². The lowest BCUT2D eigenvalue weighted by molar-refractivity contribution is -0.346. The average Bonchev–Trinajstić information content (AvgIpc) is 3.09. The Hall–Kier alpha value is -2.45. The Morgan fingerprint density at radius 1 is 1.17 bits per heavy atom. The number of ether oxygens (including phenoxy) is 5. The second kappa shape index (κ2) is 9.90. The minimum Gasteiger partial charge on any atom is -0.504 e. The van der Waals surface area contributed by atoms with E-state index >= 15 is 0 Å². The van der Waals surface area contributed by atoms with E-state index in [1.54, 1.807) is 6.08 Å². The summed E-state index contributed by atoms with van der Waals surface area (Å²) in [6, 6.07) is 4.03. The van der Waals surface area contributed by atoms with Crippen LogP contribution in [0.25, 0.3) is 0 Å². The van der Waals surface area contributed by atoms with Crippen LogP contribution in [0.2, 0.25) is 0 Å². The number of aliphatic hydroxyl groups excluding tert-OH is 4. The fraction of sp³-hybridized carbons (Fsp3) is 0.609. The summed E-state index contributed by atoms with van der Waals surface area (Å²) in [5.74, 6) is -2.00. The summed E-state index contributed by atoms with van der Waals surface area (Å²) in [4.78, 5) is 12.8. The molecule has 3 aliphatic rings. The number of carbonyl (C=O) groups is 1. The first-order valence-corrected chi connectivity index (χ1v) is 11.2. The Bertz CT molecular complexity index is 946. The summed E-state index contributed by atoms with van der Waals surface area (Å²) >= 11 is 0. The van der Waals surface area contributed by atoms with E-state index in [0.717, 1.165) is 0 Å². The van der Waals surface area contributed by atoms with Gasteiger partial charge in [0, 0.05) is 12.3 Å². The number of hydrogen-bond donors (Lipinski definition) is 6. The highest BCUT2D eigenvalue weighted by Crippen LogP contribution is 2.48. The summed E-state index contributed by atoms with van der Waals surface area (Å²) < 4.78 is 27.4. The smallest absolute Gasteiger partial charge is 0.338 e. The molecule has 35 heavy (non-hydrogen) atoms. The van der Waals surface area contributed by atoms with E-state index in [1.807, 2.05) is 0 Å². The van der Waals surface area contributed by atoms with Crippen LogP contribution in [0.1, 0.15) is 23.7 Å². The van der Waals surface area contributed by atoms with Gasteiger partial charge in [-0.05, 0) is 31.2 Å². The molecular weight excluding hydrogens is 468 g/mol. The van der Waals surface area contributed by atoms with Crippen LogP contribution in [-0.4, -0.2) is 99.0 Å². The first kappa shape index (κ1) is 25.6. The third-order valence-corrected chi connectivity index (χ3v) is 6.77. The number of rotatable bonds is 6. The molecule has 10 unspecified atom stereocenters. The van der Waals surface area contributed by atoms with Crippen LogP contribution in [-0.2, 0) is 18.9 Å². The quantitative estimate of drug-likeness (QED) is 0.263. The molecule has 12 nitrogen and oxygen atoms in total. The van der Waals surface area contributed by atoms with E-state index in [0.29, 0.717) is 0 Å². The predicted molar refractivity (Wildman–Crippen MR) is 115 cm³/mol. The van der Waals surface area contributed by atoms with Crippen LogP contribution >= 0.6 is 0 Å². The van der Waals surface area contributed by atoms with E-state index in [9.17, 15) is 35.4 Å². The molecular formula is C23H30O12. The van der Waals surface area contributed by atoms with Crippen molar-refractivity contribution in [3.05, 3.63) is 36.1 Å². The number of aromatic hydroxyl groups is 1. The molecule has 1 saturated carbocycles. The van der Waals surface area contributed by atoms with Gasteiger partial charge in [0.2, 0.25) is 6.29 Å². The standard InChI is InChI=1S/C23H30O12/c1-23(30)8-14(33-20(29)10-3-4-12(25)13(7-10)31-2)11-5-6-32-21(16(11)23)35-22-19(28)18(27)17(26)15(9-24)34-22/h3-7,11,14-19,21-22,24-28,30H,8-9H2,1-2H3. The lowest BCUT2D eigenvalue weighted by Gasteiger charge is -2.43. The van der Waals surface area contributed by atoms with Crippen LogP contribution in [0.4, 0.5) is 0 Å². The molecule has 2 fully saturated rings. The van der Waals surface area contributed by atoms with Gasteiger partial charge in [0.15, 0.2) is 17.8 Å². The lowest BCUT2D eigenvalue weighted by atomic mass is 9.85. The highest BCUT2D eigenvalue weighted by molar-refractivity contribution is 5.90. The number of carbonyl (C=O) groups excluding carboxylic acids is 1. The zero-order valence-corrected chi connectivity index (χ0v) is 19.1.